The van der Waals surface area contributed by atoms with Gasteiger partial charge in [-0.2, -0.15) is 0 Å². The largest absolute Gasteiger partial charge is 0.344 e. The molecule has 2 rings (SSSR count). The van der Waals surface area contributed by atoms with E-state index in [1.54, 1.807) is 0 Å². The molecule has 0 bridgehead atoms. The highest BCUT2D eigenvalue weighted by molar-refractivity contribution is 5.95. The van der Waals surface area contributed by atoms with E-state index in [9.17, 15) is 0 Å². The van der Waals surface area contributed by atoms with Gasteiger partial charge in [0.2, 0.25) is 0 Å². The first-order chi connectivity index (χ1) is 5.20. The molecule has 1 aliphatic rings. The Morgan fingerprint density at radius 2 is 2.09 bits per heavy atom. The van der Waals surface area contributed by atoms with Gasteiger partial charge in [0.15, 0.2) is 0 Å². The molecule has 1 aromatic rings. The fourth-order valence-electron chi connectivity index (χ4n) is 1.45. The maximum absolute atomic E-state index is 3.95. The molecular weight excluding hydrogens is 134 g/mol. The molecule has 11 heavy (non-hydrogen) atoms. The van der Waals surface area contributed by atoms with Gasteiger partial charge in [-0.25, -0.2) is 0 Å². The van der Waals surface area contributed by atoms with Crippen LogP contribution in [0.4, 0.5) is 5.69 Å². The van der Waals surface area contributed by atoms with E-state index in [2.05, 4.69) is 36.6 Å². The van der Waals surface area contributed by atoms with E-state index in [0.717, 1.165) is 5.70 Å². The summed E-state index contributed by atoms with van der Waals surface area (Å²) in [4.78, 5) is 2.11. The second-order valence-corrected chi connectivity index (χ2v) is 3.03. The van der Waals surface area contributed by atoms with Crippen LogP contribution in [0.3, 0.4) is 0 Å². The number of anilines is 1. The quantitative estimate of drug-likeness (QED) is 0.542. The number of rotatable bonds is 0. The summed E-state index contributed by atoms with van der Waals surface area (Å²) < 4.78 is 0. The maximum atomic E-state index is 3.95. The first-order valence-corrected chi connectivity index (χ1v) is 3.74. The minimum atomic E-state index is 1.13. The normalized spacial score (nSPS) is 14.4. The second-order valence-electron chi connectivity index (χ2n) is 3.03. The van der Waals surface area contributed by atoms with Crippen LogP contribution >= 0.6 is 0 Å². The number of fused-ring (bicyclic) bond motifs is 1. The van der Waals surface area contributed by atoms with Crippen molar-refractivity contribution in [2.75, 3.05) is 11.9 Å². The fourth-order valence-corrected chi connectivity index (χ4v) is 1.45. The Kier molecular flexibility index (Phi) is 1.10. The zero-order valence-electron chi connectivity index (χ0n) is 6.89. The molecule has 0 aromatic heterocycles. The van der Waals surface area contributed by atoms with Gasteiger partial charge in [0.1, 0.15) is 0 Å². The lowest BCUT2D eigenvalue weighted by Crippen LogP contribution is -2.25. The van der Waals surface area contributed by atoms with E-state index in [0.29, 0.717) is 0 Å². The molecule has 0 saturated carbocycles. The lowest BCUT2D eigenvalue weighted by molar-refractivity contribution is 1.14. The van der Waals surface area contributed by atoms with E-state index in [1.165, 1.54) is 16.8 Å². The summed E-state index contributed by atoms with van der Waals surface area (Å²) in [6.07, 6.45) is 0. The zero-order chi connectivity index (χ0) is 8.01. The molecular formula is C10H11N. The lowest BCUT2D eigenvalue weighted by Gasteiger charge is -2.35. The monoisotopic (exact) mass is 145 g/mol. The van der Waals surface area contributed by atoms with Crippen LogP contribution < -0.4 is 4.90 Å². The van der Waals surface area contributed by atoms with Crippen molar-refractivity contribution in [3.05, 3.63) is 35.9 Å². The smallest absolute Gasteiger partial charge is 0.0502 e. The summed E-state index contributed by atoms with van der Waals surface area (Å²) >= 11 is 0. The van der Waals surface area contributed by atoms with Crippen molar-refractivity contribution in [1.82, 2.24) is 0 Å². The van der Waals surface area contributed by atoms with Crippen molar-refractivity contribution in [2.45, 2.75) is 6.92 Å². The molecule has 1 heteroatoms. The van der Waals surface area contributed by atoms with Crippen molar-refractivity contribution >= 4 is 11.4 Å². The molecule has 0 amide bonds. The standard InChI is InChI=1S/C10H11N/c1-7-4-5-10-9(6-7)8(2)11(10)3/h4-6H,2H2,1,3H3. The first-order valence-electron chi connectivity index (χ1n) is 3.74. The van der Waals surface area contributed by atoms with Crippen LogP contribution in [0.1, 0.15) is 11.1 Å². The minimum Gasteiger partial charge on any atom is -0.344 e. The third-order valence-corrected chi connectivity index (χ3v) is 2.23. The van der Waals surface area contributed by atoms with Gasteiger partial charge >= 0.3 is 0 Å². The van der Waals surface area contributed by atoms with E-state index in [1.807, 2.05) is 7.05 Å². The van der Waals surface area contributed by atoms with Gasteiger partial charge in [-0.15, -0.1) is 0 Å². The van der Waals surface area contributed by atoms with Crippen LogP contribution in [0.5, 0.6) is 0 Å². The summed E-state index contributed by atoms with van der Waals surface area (Å²) in [6.45, 7) is 6.05. The average molecular weight is 145 g/mol. The number of aryl methyl sites for hydroxylation is 1. The Hall–Kier alpha value is -1.24. The number of hydrogen-bond donors (Lipinski definition) is 0. The van der Waals surface area contributed by atoms with Gasteiger partial charge in [0.25, 0.3) is 0 Å². The Morgan fingerprint density at radius 1 is 1.36 bits per heavy atom. The van der Waals surface area contributed by atoms with Crippen molar-refractivity contribution in [3.63, 3.8) is 0 Å². The zero-order valence-corrected chi connectivity index (χ0v) is 6.89. The van der Waals surface area contributed by atoms with Crippen molar-refractivity contribution in [3.8, 4) is 0 Å². The van der Waals surface area contributed by atoms with Crippen LogP contribution in [0, 0.1) is 6.92 Å². The molecule has 56 valence electrons. The Labute approximate surface area is 67.0 Å². The minimum absolute atomic E-state index is 1.13. The fraction of sp³-hybridized carbons (Fsp3) is 0.200. The van der Waals surface area contributed by atoms with Crippen LogP contribution in [-0.2, 0) is 0 Å². The maximum Gasteiger partial charge on any atom is 0.0502 e. The molecule has 0 N–H and O–H groups in total. The van der Waals surface area contributed by atoms with Gasteiger partial charge in [0.05, 0.1) is 5.69 Å². The SMILES string of the molecule is C=C1c2cc(C)ccc2N1C. The molecule has 0 radical (unpaired) electrons. The molecule has 0 fully saturated rings. The van der Waals surface area contributed by atoms with Gasteiger partial charge in [-0.1, -0.05) is 18.2 Å². The Morgan fingerprint density at radius 3 is 2.82 bits per heavy atom. The predicted molar refractivity (Wildman–Crippen MR) is 48.6 cm³/mol. The van der Waals surface area contributed by atoms with Crippen LogP contribution in [0.2, 0.25) is 0 Å². The molecule has 1 aromatic carbocycles. The Bertz CT molecular complexity index is 326. The number of hydrogen-bond acceptors (Lipinski definition) is 1. The topological polar surface area (TPSA) is 3.24 Å². The van der Waals surface area contributed by atoms with Crippen molar-refractivity contribution in [1.29, 1.82) is 0 Å². The highest BCUT2D eigenvalue weighted by atomic mass is 15.2. The predicted octanol–water partition coefficient (Wildman–Crippen LogP) is 2.42. The lowest BCUT2D eigenvalue weighted by atomic mass is 9.98. The molecule has 1 heterocycles. The summed E-state index contributed by atoms with van der Waals surface area (Å²) in [5, 5.41) is 0. The Balaban J connectivity index is 2.59. The van der Waals surface area contributed by atoms with E-state index in [4.69, 9.17) is 0 Å². The summed E-state index contributed by atoms with van der Waals surface area (Å²) in [6, 6.07) is 6.44. The van der Waals surface area contributed by atoms with Gasteiger partial charge in [-0.05, 0) is 19.1 Å². The van der Waals surface area contributed by atoms with Crippen molar-refractivity contribution < 1.29 is 0 Å². The summed E-state index contributed by atoms with van der Waals surface area (Å²) in [5.41, 5.74) is 5.02. The van der Waals surface area contributed by atoms with Crippen LogP contribution in [-0.4, -0.2) is 7.05 Å². The highest BCUT2D eigenvalue weighted by Gasteiger charge is 2.22. The van der Waals surface area contributed by atoms with Crippen molar-refractivity contribution in [2.24, 2.45) is 0 Å². The number of benzene rings is 1. The van der Waals surface area contributed by atoms with Gasteiger partial charge in [0, 0.05) is 18.3 Å². The summed E-state index contributed by atoms with van der Waals surface area (Å²) in [7, 11) is 2.04. The van der Waals surface area contributed by atoms with E-state index >= 15 is 0 Å². The first kappa shape index (κ1) is 6.47. The third-order valence-electron chi connectivity index (χ3n) is 2.23. The van der Waals surface area contributed by atoms with E-state index < -0.39 is 0 Å². The number of nitrogens with zero attached hydrogens (tertiary/aromatic N) is 1. The average Bonchev–Trinajstić information content (AvgIpc) is 2.03. The molecule has 0 unspecified atom stereocenters. The van der Waals surface area contributed by atoms with Crippen LogP contribution in [0.15, 0.2) is 24.8 Å². The van der Waals surface area contributed by atoms with Crippen LogP contribution in [0.25, 0.3) is 5.70 Å². The van der Waals surface area contributed by atoms with E-state index in [-0.39, 0.29) is 0 Å². The second kappa shape index (κ2) is 1.88. The van der Waals surface area contributed by atoms with Gasteiger partial charge < -0.3 is 4.90 Å². The molecule has 1 aliphatic heterocycles. The molecule has 0 atom stereocenters. The molecule has 0 aliphatic carbocycles. The summed E-state index contributed by atoms with van der Waals surface area (Å²) in [5.74, 6) is 0. The highest BCUT2D eigenvalue weighted by Crippen LogP contribution is 2.39. The third kappa shape index (κ3) is 0.709. The molecule has 0 spiro atoms. The van der Waals surface area contributed by atoms with Gasteiger partial charge in [-0.3, -0.25) is 0 Å². The molecule has 1 nitrogen and oxygen atoms in total. The molecule has 0 saturated heterocycles.